The van der Waals surface area contributed by atoms with Crippen molar-refractivity contribution in [2.45, 2.75) is 262 Å². The van der Waals surface area contributed by atoms with Crippen LogP contribution in [0.2, 0.25) is 0 Å². The van der Waals surface area contributed by atoms with Gasteiger partial charge in [0.2, 0.25) is 0 Å². The second-order valence-electron chi connectivity index (χ2n) is 38.2. The van der Waals surface area contributed by atoms with Crippen LogP contribution in [0.4, 0.5) is 4.79 Å². The van der Waals surface area contributed by atoms with Crippen molar-refractivity contribution in [3.63, 3.8) is 0 Å². The second kappa shape index (κ2) is 94.5. The van der Waals surface area contributed by atoms with E-state index >= 15 is 0 Å². The van der Waals surface area contributed by atoms with Gasteiger partial charge in [0.15, 0.2) is 0 Å². The zero-order chi connectivity index (χ0) is 106. The second-order valence-corrected chi connectivity index (χ2v) is 38.2. The highest BCUT2D eigenvalue weighted by molar-refractivity contribution is 5.91. The van der Waals surface area contributed by atoms with Gasteiger partial charge in [-0.3, -0.25) is 9.59 Å². The standard InChI is InChI=1S/C26H29NO5.C14H15N.C8H15NO2.C8H9N.C8H11N.C7H15N.C6H13N.C6H15N.C5H12N2.C5H11NO2.C5H11N.C4H9NO.C4H9N.C4H11N.2C2H7N.CH5N.ClH.H3N/c1-25(2,3)32-24(29)27-15-13-26(14-16-27)17-21(20-7-5-6-8-22(20)31-26)18-9-11-19(12-10-18)23(28)30-4;1-3-7-13(8-4-1)11-15-12-14-9-5-2-6-10-14;1-2-11-8(10)7-3-5-9-6-4-7;1-2-4-8-6-9-5-7(8)3-1;1-9-7-8-5-3-2-4-6-8;1-2-5-8-6-7-3-4-7;1-5-3-4-6(2)7-5;1-5(2)7-6(3)4;1-7-4-2-6-3-5-7;1-3-8-5(7)4-6-2;1-2-4-6-5-3-1;1-3-6-4-2-5-1;1-2-4-5-3-1;1-4(2)3-5;1-3-2;1-2-3;1-2;;/h5-12,17H,13-16H2,1-4H3;1-10,15H,11-12H2;7,9H,2-6H2,1H3;1-4,9H,5-6H2;2-6,9H,7H2,1H3;7-8H,2-6H2,1H3;5-7H,3-4H2,1-2H3;5-7H,1-4H3;6H,2-5H2,1H3;6H,3-4H2,1-2H3;6H,1-5H2;5H,1-4H2;5H,1-4H2;4H,3,5H2,1-2H3;3H,1-2H3;2-3H2,1H3;2H2,1H3;1H;1H3. The number of nitrogens with zero attached hydrogens (tertiary/aromatic N) is 2. The summed E-state index contributed by atoms with van der Waals surface area (Å²) in [5.74, 6) is 2.11. The number of piperazine rings is 1. The predicted molar refractivity (Wildman–Crippen MR) is 614 cm³/mol. The fourth-order valence-electron chi connectivity index (χ4n) is 14.7. The summed E-state index contributed by atoms with van der Waals surface area (Å²) in [5, 5.41) is 41.5. The average Bonchev–Trinajstić information content (AvgIpc) is 1.02. The van der Waals surface area contributed by atoms with Gasteiger partial charge in [0.05, 0.1) is 51.6 Å². The number of halogens is 1. The first-order valence-electron chi connectivity index (χ1n) is 53.5. The number of methoxy groups -OCH3 is 1. The van der Waals surface area contributed by atoms with E-state index in [4.69, 9.17) is 35.2 Å². The van der Waals surface area contributed by atoms with Crippen molar-refractivity contribution in [3.8, 4) is 5.75 Å². The molecule has 16 rings (SSSR count). The summed E-state index contributed by atoms with van der Waals surface area (Å²) in [6, 6.07) is 58.0. The molecule has 7 saturated heterocycles. The maximum absolute atomic E-state index is 12.5. The molecule has 0 bridgehead atoms. The normalized spacial score (nSPS) is 16.6. The molecule has 10 aliphatic rings. The minimum atomic E-state index is -0.518. The van der Waals surface area contributed by atoms with Gasteiger partial charge in [-0.05, 0) is 302 Å². The van der Waals surface area contributed by atoms with Crippen molar-refractivity contribution in [2.75, 3.05) is 200 Å². The number of benzene rings is 6. The number of para-hydroxylation sites is 1. The Morgan fingerprint density at radius 1 is 0.538 bits per heavy atom. The third-order valence-corrected chi connectivity index (χ3v) is 22.3. The average molecular weight is 2050 g/mol. The highest BCUT2D eigenvalue weighted by atomic mass is 35.5. The van der Waals surface area contributed by atoms with E-state index in [1.54, 1.807) is 31.0 Å². The lowest BCUT2D eigenvalue weighted by atomic mass is 9.83. The van der Waals surface area contributed by atoms with Crippen LogP contribution in [-0.4, -0.2) is 269 Å². The number of rotatable bonds is 20. The van der Waals surface area contributed by atoms with E-state index in [1.807, 2.05) is 122 Å². The van der Waals surface area contributed by atoms with Gasteiger partial charge < -0.3 is 131 Å². The Bertz CT molecular complexity index is 3830. The summed E-state index contributed by atoms with van der Waals surface area (Å²) in [4.78, 5) is 49.9. The fourth-order valence-corrected chi connectivity index (χ4v) is 14.7. The Hall–Kier alpha value is -7.93. The van der Waals surface area contributed by atoms with E-state index in [0.717, 1.165) is 152 Å². The summed E-state index contributed by atoms with van der Waals surface area (Å²) >= 11 is 0. The summed E-state index contributed by atoms with van der Waals surface area (Å²) in [6.45, 7) is 57.4. The van der Waals surface area contributed by atoms with Crippen LogP contribution >= 0.6 is 12.4 Å². The lowest BCUT2D eigenvalue weighted by molar-refractivity contribution is -0.149. The minimum Gasteiger partial charge on any atom is -0.482 e. The zero-order valence-corrected chi connectivity index (χ0v) is 95.0. The molecule has 6 aromatic rings. The Labute approximate surface area is 886 Å². The Morgan fingerprint density at radius 3 is 1.34 bits per heavy atom. The van der Waals surface area contributed by atoms with Crippen LogP contribution in [0.5, 0.6) is 5.75 Å². The summed E-state index contributed by atoms with van der Waals surface area (Å²) < 4.78 is 31.3. The third kappa shape index (κ3) is 78.0. The first-order chi connectivity index (χ1) is 69.0. The van der Waals surface area contributed by atoms with Crippen LogP contribution in [0.3, 0.4) is 0 Å². The molecule has 30 heteroatoms. The number of ether oxygens (including phenoxy) is 6. The number of nitrogens with one attached hydrogen (secondary N) is 13. The molecule has 1 spiro atoms. The number of nitrogens with two attached hydrogens (primary N) is 3. The largest absolute Gasteiger partial charge is 0.482 e. The van der Waals surface area contributed by atoms with Gasteiger partial charge in [-0.25, -0.2) is 9.59 Å². The fraction of sp³-hybridized carbons (Fsp3) is 0.635. The van der Waals surface area contributed by atoms with Crippen molar-refractivity contribution in [1.82, 2.24) is 85.1 Å². The van der Waals surface area contributed by atoms with E-state index in [9.17, 15) is 19.2 Å². The van der Waals surface area contributed by atoms with Crippen molar-refractivity contribution in [1.29, 1.82) is 0 Å². The molecule has 9 aliphatic heterocycles. The maximum Gasteiger partial charge on any atom is 0.410 e. The van der Waals surface area contributed by atoms with Gasteiger partial charge in [0.1, 0.15) is 17.0 Å². The quantitative estimate of drug-likeness (QED) is 0.0192. The Kier molecular flexibility index (Phi) is 92.0. The summed E-state index contributed by atoms with van der Waals surface area (Å²) in [5.41, 5.74) is 24.0. The molecule has 9 heterocycles. The van der Waals surface area contributed by atoms with E-state index in [-0.39, 0.29) is 48.5 Å². The number of morpholine rings is 1. The first-order valence-corrected chi connectivity index (χ1v) is 53.5. The van der Waals surface area contributed by atoms with Gasteiger partial charge >= 0.3 is 24.0 Å². The van der Waals surface area contributed by atoms with Gasteiger partial charge in [-0.15, -0.1) is 12.4 Å². The van der Waals surface area contributed by atoms with E-state index in [2.05, 4.69) is 245 Å². The van der Waals surface area contributed by atoms with Crippen LogP contribution < -0.4 is 97.2 Å². The molecular weight excluding hydrogens is 1840 g/mol. The Morgan fingerprint density at radius 2 is 0.979 bits per heavy atom. The molecule has 8 fully saturated rings. The van der Waals surface area contributed by atoms with Crippen molar-refractivity contribution >= 4 is 42.0 Å². The van der Waals surface area contributed by atoms with Gasteiger partial charge in [0.25, 0.3) is 0 Å². The van der Waals surface area contributed by atoms with Crippen molar-refractivity contribution in [3.05, 3.63) is 214 Å². The molecule has 0 aromatic heterocycles. The summed E-state index contributed by atoms with van der Waals surface area (Å²) in [7, 11) is 12.4. The monoisotopic (exact) mass is 2050 g/mol. The number of amides is 1. The number of piperidine rings is 3. The van der Waals surface area contributed by atoms with Gasteiger partial charge in [0, 0.05) is 128 Å². The number of esters is 3. The number of carbonyl (C=O) groups is 4. The predicted octanol–water partition coefficient (Wildman–Crippen LogP) is 15.8. The summed E-state index contributed by atoms with van der Waals surface area (Å²) in [6.07, 6.45) is 19.0. The van der Waals surface area contributed by atoms with Crippen LogP contribution in [-0.2, 0) is 66.0 Å². The van der Waals surface area contributed by atoms with Crippen molar-refractivity contribution in [2.24, 2.45) is 35.0 Å². The molecule has 1 aliphatic carbocycles. The van der Waals surface area contributed by atoms with Crippen LogP contribution in [0.15, 0.2) is 170 Å². The van der Waals surface area contributed by atoms with Crippen LogP contribution in [0, 0.1) is 17.8 Å². The SMILES string of the molecule is C1CCNC1.C1CCNCC1.C1COCCN1.CC(C)CN.CC(C)NC(C)C.CC1CCC(C)N1.CCCNCC1CC1.CCN.CCOC(=O)C1CCNCC1.CCOC(=O)CNC.CN.CN1CCNCC1.CNC.CNCc1ccccc1.COC(=O)c1ccc(C2=CC3(CCN(C(=O)OC(C)(C)C)CC3)Oc3ccccc32)cc1.Cl.N.c1ccc(CNCc2ccccc2)cc1.c1ccc2c(c1)CNC2. The lowest BCUT2D eigenvalue weighted by Crippen LogP contribution is -2.50. The third-order valence-electron chi connectivity index (χ3n) is 22.3. The number of fused-ring (bicyclic) bond motifs is 2. The molecule has 830 valence electrons. The Balaban J connectivity index is -0.00000155. The van der Waals surface area contributed by atoms with Crippen molar-refractivity contribution < 1.29 is 47.6 Å². The maximum atomic E-state index is 12.5. The molecule has 1 amide bonds. The molecular formula is C115H208ClN19O10. The minimum absolute atomic E-state index is 0. The number of carbonyl (C=O) groups excluding carboxylic acids is 4. The highest BCUT2D eigenvalue weighted by Gasteiger charge is 2.41. The zero-order valence-electron chi connectivity index (χ0n) is 94.2. The topological polar surface area (TPSA) is 400 Å². The molecule has 1 saturated carbocycles. The first kappa shape index (κ1) is 141. The molecule has 29 nitrogen and oxygen atoms in total. The molecule has 2 unspecified atom stereocenters. The van der Waals surface area contributed by atoms with Crippen LogP contribution in [0.25, 0.3) is 5.57 Å². The number of likely N-dealkylation sites (N-methyl/N-ethyl adjacent to an activating group) is 2. The van der Waals surface area contributed by atoms with E-state index in [0.29, 0.717) is 69.3 Å². The van der Waals surface area contributed by atoms with Gasteiger partial charge in [-0.1, -0.05) is 207 Å². The highest BCUT2D eigenvalue weighted by Crippen LogP contribution is 2.43. The number of hydrogen-bond acceptors (Lipinski definition) is 28. The smallest absolute Gasteiger partial charge is 0.410 e. The molecule has 2 atom stereocenters. The van der Waals surface area contributed by atoms with Gasteiger partial charge in [-0.2, -0.15) is 0 Å². The number of hydrogen-bond donors (Lipinski definition) is 17. The van der Waals surface area contributed by atoms with E-state index in [1.165, 1.54) is 159 Å². The number of likely N-dealkylation sites (tertiary alicyclic amines) is 1. The lowest BCUT2D eigenvalue weighted by Gasteiger charge is -2.43. The molecule has 0 radical (unpaired) electrons. The molecule has 145 heavy (non-hydrogen) atoms. The van der Waals surface area contributed by atoms with E-state index < -0.39 is 11.2 Å². The van der Waals surface area contributed by atoms with Crippen LogP contribution in [0.1, 0.15) is 243 Å². The molecule has 22 N–H and O–H groups in total. The molecule has 6 aromatic carbocycles.